The smallest absolute Gasteiger partial charge is 0.250 e. The third kappa shape index (κ3) is 3.89. The van der Waals surface area contributed by atoms with Gasteiger partial charge in [-0.25, -0.2) is 13.8 Å². The average molecular weight is 437 g/mol. The Morgan fingerprint density at radius 1 is 1.09 bits per heavy atom. The van der Waals surface area contributed by atoms with Crippen LogP contribution >= 0.6 is 0 Å². The first-order chi connectivity index (χ1) is 15.5. The second kappa shape index (κ2) is 8.20. The molecule has 1 aliphatic heterocycles. The molecule has 4 aromatic rings. The van der Waals surface area contributed by atoms with Gasteiger partial charge in [0.1, 0.15) is 28.7 Å². The highest BCUT2D eigenvalue weighted by molar-refractivity contribution is 5.91. The Bertz CT molecular complexity index is 1340. The van der Waals surface area contributed by atoms with Crippen molar-refractivity contribution in [1.82, 2.24) is 14.5 Å². The summed E-state index contributed by atoms with van der Waals surface area (Å²) in [7, 11) is 1.66. The van der Waals surface area contributed by atoms with E-state index in [0.717, 1.165) is 47.9 Å². The van der Waals surface area contributed by atoms with Gasteiger partial charge in [0.05, 0.1) is 5.52 Å². The largest absolute Gasteiger partial charge is 0.454 e. The van der Waals surface area contributed by atoms with Crippen LogP contribution in [-0.2, 0) is 11.8 Å². The number of halogens is 2. The van der Waals surface area contributed by atoms with Crippen molar-refractivity contribution in [2.45, 2.75) is 18.8 Å². The Hall–Kier alpha value is -3.52. The van der Waals surface area contributed by atoms with Crippen LogP contribution in [0.3, 0.4) is 0 Å². The number of fused-ring (bicyclic) bond motifs is 1. The number of benzene rings is 2. The molecule has 164 valence electrons. The zero-order valence-electron chi connectivity index (χ0n) is 17.4. The molecule has 0 spiro atoms. The van der Waals surface area contributed by atoms with Crippen molar-refractivity contribution in [3.05, 3.63) is 76.5 Å². The second-order valence-corrected chi connectivity index (χ2v) is 7.92. The topological polar surface area (TPSA) is 69.1 Å². The Kier molecular flexibility index (Phi) is 5.22. The van der Waals surface area contributed by atoms with Gasteiger partial charge >= 0.3 is 0 Å². The average Bonchev–Trinajstić information content (AvgIpc) is 3.21. The molecule has 8 heteroatoms. The molecule has 2 aromatic carbocycles. The van der Waals surface area contributed by atoms with E-state index >= 15 is 0 Å². The normalized spacial score (nSPS) is 14.7. The zero-order valence-corrected chi connectivity index (χ0v) is 17.4. The van der Waals surface area contributed by atoms with E-state index in [1.165, 1.54) is 10.6 Å². The number of hydrogen-bond acceptors (Lipinski definition) is 4. The van der Waals surface area contributed by atoms with E-state index in [1.807, 2.05) is 12.1 Å². The molecule has 0 aliphatic carbocycles. The van der Waals surface area contributed by atoms with Crippen molar-refractivity contribution in [3.63, 3.8) is 0 Å². The van der Waals surface area contributed by atoms with Gasteiger partial charge in [-0.15, -0.1) is 0 Å². The van der Waals surface area contributed by atoms with E-state index in [0.29, 0.717) is 30.0 Å². The number of H-pyrrole nitrogens is 1. The summed E-state index contributed by atoms with van der Waals surface area (Å²) in [5.74, 6) is -0.0216. The first kappa shape index (κ1) is 20.4. The molecule has 2 aromatic heterocycles. The number of aromatic nitrogens is 3. The Morgan fingerprint density at radius 3 is 2.56 bits per heavy atom. The molecule has 0 amide bonds. The summed E-state index contributed by atoms with van der Waals surface area (Å²) < 4.78 is 40.6. The van der Waals surface area contributed by atoms with E-state index in [2.05, 4.69) is 4.98 Å². The number of aryl methyl sites for hydroxylation is 1. The highest BCUT2D eigenvalue weighted by Gasteiger charge is 2.22. The summed E-state index contributed by atoms with van der Waals surface area (Å²) in [5, 5.41) is 0. The lowest BCUT2D eigenvalue weighted by Crippen LogP contribution is -2.15. The third-order valence-corrected chi connectivity index (χ3v) is 5.69. The number of nitrogens with zero attached hydrogens (tertiary/aromatic N) is 2. The lowest BCUT2D eigenvalue weighted by molar-refractivity contribution is 0.0838. The van der Waals surface area contributed by atoms with Crippen LogP contribution in [-0.4, -0.2) is 27.7 Å². The van der Waals surface area contributed by atoms with Gasteiger partial charge in [-0.3, -0.25) is 4.79 Å². The summed E-state index contributed by atoms with van der Waals surface area (Å²) in [6.45, 7) is 1.36. The first-order valence-electron chi connectivity index (χ1n) is 10.4. The van der Waals surface area contributed by atoms with Crippen molar-refractivity contribution in [3.8, 4) is 22.6 Å². The molecular weight excluding hydrogens is 416 g/mol. The van der Waals surface area contributed by atoms with Gasteiger partial charge < -0.3 is 19.0 Å². The monoisotopic (exact) mass is 437 g/mol. The highest BCUT2D eigenvalue weighted by atomic mass is 19.1. The second-order valence-electron chi connectivity index (χ2n) is 7.92. The van der Waals surface area contributed by atoms with E-state index < -0.39 is 11.6 Å². The summed E-state index contributed by atoms with van der Waals surface area (Å²) in [6, 6.07) is 9.93. The molecule has 1 N–H and O–H groups in total. The van der Waals surface area contributed by atoms with Crippen LogP contribution in [0.25, 0.3) is 22.2 Å². The van der Waals surface area contributed by atoms with Crippen LogP contribution in [0.2, 0.25) is 0 Å². The van der Waals surface area contributed by atoms with Crippen molar-refractivity contribution in [2.24, 2.45) is 7.05 Å². The number of nitrogens with one attached hydrogen (secondary N) is 1. The van der Waals surface area contributed by atoms with Crippen LogP contribution in [0.15, 0.2) is 53.5 Å². The molecular formula is C24H21F2N3O3. The third-order valence-electron chi connectivity index (χ3n) is 5.69. The van der Waals surface area contributed by atoms with Crippen LogP contribution in [0.4, 0.5) is 8.78 Å². The molecule has 5 rings (SSSR count). The molecule has 1 aliphatic rings. The van der Waals surface area contributed by atoms with Gasteiger partial charge in [0, 0.05) is 67.8 Å². The summed E-state index contributed by atoms with van der Waals surface area (Å²) in [5.41, 5.74) is 2.54. The lowest BCUT2D eigenvalue weighted by atomic mass is 10.00. The van der Waals surface area contributed by atoms with Gasteiger partial charge in [-0.1, -0.05) is 0 Å². The first-order valence-corrected chi connectivity index (χ1v) is 10.4. The molecule has 32 heavy (non-hydrogen) atoms. The number of rotatable bonds is 4. The predicted octanol–water partition coefficient (Wildman–Crippen LogP) is 4.89. The highest BCUT2D eigenvalue weighted by Crippen LogP contribution is 2.40. The fraction of sp³-hybridized carbons (Fsp3) is 0.250. The van der Waals surface area contributed by atoms with Crippen LogP contribution < -0.4 is 10.3 Å². The molecule has 0 saturated carbocycles. The number of hydrogen-bond donors (Lipinski definition) is 1. The van der Waals surface area contributed by atoms with Gasteiger partial charge in [0.15, 0.2) is 5.75 Å². The molecule has 0 bridgehead atoms. The Morgan fingerprint density at radius 2 is 1.84 bits per heavy atom. The Balaban J connectivity index is 1.68. The number of ether oxygens (including phenoxy) is 2. The van der Waals surface area contributed by atoms with Gasteiger partial charge in [-0.05, 0) is 31.0 Å². The van der Waals surface area contributed by atoms with E-state index in [4.69, 9.17) is 14.5 Å². The zero-order chi connectivity index (χ0) is 22.2. The SMILES string of the molecule is Cn1cc(-c2ccc3[nH]c(C4CCOCC4)nc3c2Oc2cc(F)cc(F)c2)ccc1=O. The standard InChI is InChI=1S/C24H21F2N3O3/c1-29-13-15(2-5-21(29)30)19-3-4-20-22(28-24(27-20)14-6-8-31-9-7-14)23(19)32-18-11-16(25)10-17(26)12-18/h2-5,10-14H,6-9H2,1H3,(H,27,28). The molecule has 6 nitrogen and oxygen atoms in total. The fourth-order valence-corrected chi connectivity index (χ4v) is 4.02. The fourth-order valence-electron chi connectivity index (χ4n) is 4.02. The molecule has 0 atom stereocenters. The minimum absolute atomic E-state index is 0.0247. The minimum atomic E-state index is -0.735. The van der Waals surface area contributed by atoms with Crippen molar-refractivity contribution >= 4 is 11.0 Å². The van der Waals surface area contributed by atoms with Crippen LogP contribution in [0, 0.1) is 11.6 Å². The molecule has 1 fully saturated rings. The number of imidazole rings is 1. The van der Waals surface area contributed by atoms with E-state index in [-0.39, 0.29) is 17.2 Å². The molecule has 1 saturated heterocycles. The quantitative estimate of drug-likeness (QED) is 0.493. The minimum Gasteiger partial charge on any atom is -0.454 e. The lowest BCUT2D eigenvalue weighted by Gasteiger charge is -2.19. The predicted molar refractivity (Wildman–Crippen MR) is 116 cm³/mol. The van der Waals surface area contributed by atoms with Crippen molar-refractivity contribution in [2.75, 3.05) is 13.2 Å². The Labute approximate surface area is 182 Å². The van der Waals surface area contributed by atoms with E-state index in [1.54, 1.807) is 19.3 Å². The van der Waals surface area contributed by atoms with Crippen LogP contribution in [0.1, 0.15) is 24.6 Å². The molecule has 0 unspecified atom stereocenters. The van der Waals surface area contributed by atoms with Gasteiger partial charge in [-0.2, -0.15) is 0 Å². The van der Waals surface area contributed by atoms with Crippen LogP contribution in [0.5, 0.6) is 11.5 Å². The van der Waals surface area contributed by atoms with Crippen molar-refractivity contribution in [1.29, 1.82) is 0 Å². The molecule has 3 heterocycles. The summed E-state index contributed by atoms with van der Waals surface area (Å²) in [4.78, 5) is 20.0. The summed E-state index contributed by atoms with van der Waals surface area (Å²) in [6.07, 6.45) is 3.41. The van der Waals surface area contributed by atoms with Gasteiger partial charge in [0.2, 0.25) is 5.56 Å². The number of pyridine rings is 1. The van der Waals surface area contributed by atoms with E-state index in [9.17, 15) is 13.6 Å². The maximum absolute atomic E-state index is 13.8. The van der Waals surface area contributed by atoms with Crippen molar-refractivity contribution < 1.29 is 18.3 Å². The van der Waals surface area contributed by atoms with Gasteiger partial charge in [0.25, 0.3) is 0 Å². The maximum Gasteiger partial charge on any atom is 0.250 e. The summed E-state index contributed by atoms with van der Waals surface area (Å²) >= 11 is 0. The molecule has 0 radical (unpaired) electrons. The number of aromatic amines is 1. The maximum atomic E-state index is 13.8.